The smallest absolute Gasteiger partial charge is 0.337 e. The number of aromatic nitrogens is 2. The third-order valence-corrected chi connectivity index (χ3v) is 2.60. The van der Waals surface area contributed by atoms with Gasteiger partial charge < -0.3 is 15.6 Å². The first-order valence-electron chi connectivity index (χ1n) is 5.68. The number of carboxylic acid groups (broad SMARTS) is 1. The Hall–Kier alpha value is -2.57. The number of ether oxygens (including phenoxy) is 1. The van der Waals surface area contributed by atoms with Crippen LogP contribution in [0.1, 0.15) is 23.0 Å². The second-order valence-electron chi connectivity index (χ2n) is 3.88. The van der Waals surface area contributed by atoms with Crippen LogP contribution in [0.3, 0.4) is 0 Å². The van der Waals surface area contributed by atoms with Gasteiger partial charge in [0.2, 0.25) is 0 Å². The van der Waals surface area contributed by atoms with Gasteiger partial charge in [-0.1, -0.05) is 0 Å². The Bertz CT molecular complexity index is 648. The van der Waals surface area contributed by atoms with Crippen LogP contribution in [-0.2, 0) is 16.0 Å². The van der Waals surface area contributed by atoms with Gasteiger partial charge in [-0.2, -0.15) is 0 Å². The Labute approximate surface area is 108 Å². The topological polar surface area (TPSA) is 107 Å². The van der Waals surface area contributed by atoms with Crippen molar-refractivity contribution in [3.63, 3.8) is 0 Å². The van der Waals surface area contributed by atoms with Crippen molar-refractivity contribution in [1.82, 2.24) is 9.38 Å². The highest BCUT2D eigenvalue weighted by Gasteiger charge is 2.15. The summed E-state index contributed by atoms with van der Waals surface area (Å²) in [6.07, 6.45) is 1.33. The van der Waals surface area contributed by atoms with Crippen molar-refractivity contribution in [2.45, 2.75) is 13.3 Å². The molecule has 100 valence electrons. The first-order valence-corrected chi connectivity index (χ1v) is 5.68. The summed E-state index contributed by atoms with van der Waals surface area (Å²) in [7, 11) is 0. The molecule has 0 radical (unpaired) electrons. The lowest BCUT2D eigenvalue weighted by atomic mass is 10.3. The van der Waals surface area contributed by atoms with Crippen LogP contribution >= 0.6 is 0 Å². The summed E-state index contributed by atoms with van der Waals surface area (Å²) < 4.78 is 6.26. The summed E-state index contributed by atoms with van der Waals surface area (Å²) in [5.74, 6) is -1.23. The zero-order valence-corrected chi connectivity index (χ0v) is 10.3. The van der Waals surface area contributed by atoms with Gasteiger partial charge in [0, 0.05) is 6.20 Å². The van der Waals surface area contributed by atoms with Gasteiger partial charge in [0.25, 0.3) is 0 Å². The molecule has 0 aliphatic rings. The minimum atomic E-state index is -1.05. The van der Waals surface area contributed by atoms with E-state index in [-0.39, 0.29) is 24.4 Å². The number of nitrogens with two attached hydrogens (primary N) is 1. The average Bonchev–Trinajstić information content (AvgIpc) is 2.66. The zero-order valence-electron chi connectivity index (χ0n) is 10.3. The lowest BCUT2D eigenvalue weighted by molar-refractivity contribution is -0.142. The number of carboxylic acids is 1. The number of pyridine rings is 1. The second kappa shape index (κ2) is 4.97. The average molecular weight is 263 g/mol. The van der Waals surface area contributed by atoms with Gasteiger partial charge in [-0.05, 0) is 19.1 Å². The third-order valence-electron chi connectivity index (χ3n) is 2.60. The molecule has 2 rings (SSSR count). The van der Waals surface area contributed by atoms with E-state index < -0.39 is 11.9 Å². The van der Waals surface area contributed by atoms with E-state index in [1.165, 1.54) is 22.7 Å². The first kappa shape index (κ1) is 12.9. The highest BCUT2D eigenvalue weighted by Crippen LogP contribution is 2.17. The van der Waals surface area contributed by atoms with Crippen LogP contribution in [0.5, 0.6) is 0 Å². The fourth-order valence-electron chi connectivity index (χ4n) is 1.72. The molecule has 0 saturated heterocycles. The molecule has 0 unspecified atom stereocenters. The van der Waals surface area contributed by atoms with Crippen molar-refractivity contribution in [2.24, 2.45) is 0 Å². The molecule has 19 heavy (non-hydrogen) atoms. The number of anilines is 1. The molecule has 0 saturated carbocycles. The molecular weight excluding hydrogens is 250 g/mol. The lowest BCUT2D eigenvalue weighted by Gasteiger charge is -2.00. The highest BCUT2D eigenvalue weighted by atomic mass is 16.5. The number of hydrogen-bond donors (Lipinski definition) is 2. The van der Waals surface area contributed by atoms with Crippen molar-refractivity contribution < 1.29 is 19.4 Å². The van der Waals surface area contributed by atoms with Crippen molar-refractivity contribution in [1.29, 1.82) is 0 Å². The van der Waals surface area contributed by atoms with Gasteiger partial charge >= 0.3 is 11.9 Å². The highest BCUT2D eigenvalue weighted by molar-refractivity contribution is 5.87. The van der Waals surface area contributed by atoms with Gasteiger partial charge in [-0.15, -0.1) is 0 Å². The summed E-state index contributed by atoms with van der Waals surface area (Å²) in [5, 5.41) is 8.91. The van der Waals surface area contributed by atoms with E-state index in [0.717, 1.165) is 0 Å². The molecule has 0 aromatic carbocycles. The van der Waals surface area contributed by atoms with E-state index in [1.54, 1.807) is 6.92 Å². The lowest BCUT2D eigenvalue weighted by Crippen LogP contribution is -2.09. The van der Waals surface area contributed by atoms with E-state index in [2.05, 4.69) is 4.98 Å². The molecule has 0 atom stereocenters. The van der Waals surface area contributed by atoms with Gasteiger partial charge in [-0.3, -0.25) is 9.20 Å². The number of fused-ring (bicyclic) bond motifs is 1. The van der Waals surface area contributed by atoms with E-state index in [4.69, 9.17) is 15.6 Å². The van der Waals surface area contributed by atoms with E-state index in [0.29, 0.717) is 11.3 Å². The number of carbonyl (C=O) groups excluding carboxylic acids is 1. The van der Waals surface area contributed by atoms with Crippen LogP contribution < -0.4 is 5.73 Å². The maximum absolute atomic E-state index is 11.4. The molecular formula is C12H13N3O4. The molecule has 0 aliphatic heterocycles. The summed E-state index contributed by atoms with van der Waals surface area (Å²) in [4.78, 5) is 26.5. The number of nitrogen functional groups attached to an aromatic ring is 1. The fraction of sp³-hybridized carbons (Fsp3) is 0.250. The minimum absolute atomic E-state index is 0.0379. The number of esters is 1. The number of rotatable bonds is 4. The predicted octanol–water partition coefficient (Wildman–Crippen LogP) is 0.720. The van der Waals surface area contributed by atoms with Crippen LogP contribution in [0, 0.1) is 0 Å². The largest absolute Gasteiger partial charge is 0.478 e. The van der Waals surface area contributed by atoms with Crippen LogP contribution in [0.2, 0.25) is 0 Å². The van der Waals surface area contributed by atoms with Crippen molar-refractivity contribution >= 4 is 23.4 Å². The maximum atomic E-state index is 11.4. The Morgan fingerprint density at radius 1 is 1.47 bits per heavy atom. The number of imidazole rings is 1. The van der Waals surface area contributed by atoms with E-state index >= 15 is 0 Å². The Morgan fingerprint density at radius 3 is 2.84 bits per heavy atom. The van der Waals surface area contributed by atoms with Crippen LogP contribution in [0.4, 0.5) is 5.82 Å². The van der Waals surface area contributed by atoms with Crippen molar-refractivity contribution in [3.8, 4) is 0 Å². The third kappa shape index (κ3) is 2.49. The molecule has 7 heteroatoms. The number of nitrogens with zero attached hydrogens (tertiary/aromatic N) is 2. The normalized spacial score (nSPS) is 10.6. The van der Waals surface area contributed by atoms with Crippen LogP contribution in [-0.4, -0.2) is 33.0 Å². The predicted molar refractivity (Wildman–Crippen MR) is 66.9 cm³/mol. The molecule has 0 aliphatic carbocycles. The number of aromatic carboxylic acids is 1. The van der Waals surface area contributed by atoms with Crippen molar-refractivity contribution in [3.05, 3.63) is 29.6 Å². The Kier molecular flexibility index (Phi) is 3.37. The summed E-state index contributed by atoms with van der Waals surface area (Å²) in [5.41, 5.74) is 6.81. The standard InChI is InChI=1S/C12H13N3O4/c1-2-19-10(16)5-8-11(13)15-6-7(12(17)18)3-4-9(15)14-8/h3-4,6H,2,5,13H2,1H3,(H,17,18). The SMILES string of the molecule is CCOC(=O)Cc1nc2ccc(C(=O)O)cn2c1N. The quantitative estimate of drug-likeness (QED) is 0.787. The zero-order chi connectivity index (χ0) is 14.0. The van der Waals surface area contributed by atoms with Gasteiger partial charge in [0.05, 0.1) is 24.3 Å². The molecule has 0 bridgehead atoms. The van der Waals surface area contributed by atoms with Crippen LogP contribution in [0.15, 0.2) is 18.3 Å². The molecule has 0 spiro atoms. The van der Waals surface area contributed by atoms with Gasteiger partial charge in [0.1, 0.15) is 11.5 Å². The molecule has 7 nitrogen and oxygen atoms in total. The molecule has 3 N–H and O–H groups in total. The van der Waals surface area contributed by atoms with Crippen molar-refractivity contribution in [2.75, 3.05) is 12.3 Å². The monoisotopic (exact) mass is 263 g/mol. The molecule has 0 fully saturated rings. The van der Waals surface area contributed by atoms with Gasteiger partial charge in [-0.25, -0.2) is 9.78 Å². The number of carbonyl (C=O) groups is 2. The summed E-state index contributed by atoms with van der Waals surface area (Å²) >= 11 is 0. The van der Waals surface area contributed by atoms with E-state index in [9.17, 15) is 9.59 Å². The van der Waals surface area contributed by atoms with Gasteiger partial charge in [0.15, 0.2) is 0 Å². The summed E-state index contributed by atoms with van der Waals surface area (Å²) in [6.45, 7) is 2.00. The molecule has 2 aromatic rings. The molecule has 2 heterocycles. The number of hydrogen-bond acceptors (Lipinski definition) is 5. The summed E-state index contributed by atoms with van der Waals surface area (Å²) in [6, 6.07) is 2.96. The maximum Gasteiger partial charge on any atom is 0.337 e. The first-order chi connectivity index (χ1) is 9.02. The Morgan fingerprint density at radius 2 is 2.21 bits per heavy atom. The van der Waals surface area contributed by atoms with E-state index in [1.807, 2.05) is 0 Å². The molecule has 2 aromatic heterocycles. The fourth-order valence-corrected chi connectivity index (χ4v) is 1.72. The van der Waals surface area contributed by atoms with Crippen LogP contribution in [0.25, 0.3) is 5.65 Å². The molecule has 0 amide bonds. The second-order valence-corrected chi connectivity index (χ2v) is 3.88. The minimum Gasteiger partial charge on any atom is -0.478 e. The Balaban J connectivity index is 2.39.